The average molecular weight is 535 g/mol. The van der Waals surface area contributed by atoms with Crippen LogP contribution in [0, 0.1) is 5.92 Å². The number of carbonyl (C=O) groups excluding carboxylic acids is 1. The lowest BCUT2D eigenvalue weighted by molar-refractivity contribution is -0.858. The molecule has 7 heteroatoms. The highest BCUT2D eigenvalue weighted by Gasteiger charge is 2.23. The van der Waals surface area contributed by atoms with Gasteiger partial charge in [-0.1, -0.05) is 116 Å². The molecule has 0 radical (unpaired) electrons. The summed E-state index contributed by atoms with van der Waals surface area (Å²) in [5, 5.41) is 0. The molecule has 0 fully saturated rings. The lowest BCUT2D eigenvalue weighted by atomic mass is 9.96. The van der Waals surface area contributed by atoms with Gasteiger partial charge in [0.2, 0.25) is 0 Å². The van der Waals surface area contributed by atoms with E-state index in [1.807, 2.05) is 14.1 Å². The molecule has 36 heavy (non-hydrogen) atoms. The number of phosphoric ester groups is 1. The summed E-state index contributed by atoms with van der Waals surface area (Å²) in [6.45, 7) is 5.02. The van der Waals surface area contributed by atoms with Crippen LogP contribution in [0.2, 0.25) is 0 Å². The summed E-state index contributed by atoms with van der Waals surface area (Å²) < 4.78 is 22.4. The third kappa shape index (κ3) is 26.8. The van der Waals surface area contributed by atoms with Gasteiger partial charge in [0.15, 0.2) is 0 Å². The molecule has 0 aromatic rings. The predicted octanol–water partition coefficient (Wildman–Crippen LogP) is 7.29. The van der Waals surface area contributed by atoms with Gasteiger partial charge in [-0.15, -0.1) is 0 Å². The summed E-state index contributed by atoms with van der Waals surface area (Å²) in [6, 6.07) is 0. The van der Waals surface area contributed by atoms with Crippen molar-refractivity contribution in [2.45, 2.75) is 142 Å². The summed E-state index contributed by atoms with van der Waals surface area (Å²) >= 11 is 0. The molecule has 0 aliphatic heterocycles. The van der Waals surface area contributed by atoms with Crippen molar-refractivity contribution in [3.8, 4) is 0 Å². The van der Waals surface area contributed by atoms with E-state index in [9.17, 15) is 14.3 Å². The number of carbonyl (C=O) groups is 1. The fraction of sp³-hybridized carbons (Fsp3) is 0.966. The molecule has 0 amide bonds. The van der Waals surface area contributed by atoms with Crippen LogP contribution in [0.15, 0.2) is 0 Å². The average Bonchev–Trinajstić information content (AvgIpc) is 2.81. The van der Waals surface area contributed by atoms with E-state index in [0.717, 1.165) is 25.8 Å². The van der Waals surface area contributed by atoms with E-state index in [1.54, 1.807) is 6.92 Å². The van der Waals surface area contributed by atoms with Gasteiger partial charge in [0.05, 0.1) is 33.9 Å². The number of unbranched alkanes of at least 4 members (excludes halogenated alkanes) is 16. The van der Waals surface area contributed by atoms with E-state index in [1.165, 1.54) is 101 Å². The van der Waals surface area contributed by atoms with Crippen molar-refractivity contribution in [2.75, 3.05) is 33.9 Å². The van der Waals surface area contributed by atoms with E-state index in [4.69, 9.17) is 9.05 Å². The molecule has 0 aliphatic carbocycles. The molecule has 0 aliphatic rings. The van der Waals surface area contributed by atoms with Gasteiger partial charge in [0, 0.05) is 12.8 Å². The van der Waals surface area contributed by atoms with Gasteiger partial charge in [0.1, 0.15) is 5.78 Å². The molecular weight excluding hydrogens is 473 g/mol. The second kappa shape index (κ2) is 25.0. The zero-order chi connectivity index (χ0) is 26.9. The summed E-state index contributed by atoms with van der Waals surface area (Å²) in [6.07, 6.45) is 24.7. The highest BCUT2D eigenvalue weighted by molar-refractivity contribution is 7.47. The van der Waals surface area contributed by atoms with E-state index < -0.39 is 7.82 Å². The Hall–Kier alpha value is -0.260. The van der Waals surface area contributed by atoms with Crippen molar-refractivity contribution in [2.24, 2.45) is 5.92 Å². The minimum absolute atomic E-state index is 0.0193. The fourth-order valence-electron chi connectivity index (χ4n) is 4.65. The second-order valence-electron chi connectivity index (χ2n) is 11.1. The molecule has 0 rings (SSSR count). The third-order valence-electron chi connectivity index (χ3n) is 6.84. The first kappa shape index (κ1) is 35.7. The SMILES string of the molecule is CCCCCCCCCCCCCCCCCCCC(COP(=O)(O)OCCC[NH+](C)C)CC(C)=O. The van der Waals surface area contributed by atoms with Gasteiger partial charge < -0.3 is 14.6 Å². The molecule has 0 bridgehead atoms. The largest absolute Gasteiger partial charge is 0.472 e. The van der Waals surface area contributed by atoms with Crippen LogP contribution in [-0.2, 0) is 18.4 Å². The Bertz CT molecular complexity index is 544. The van der Waals surface area contributed by atoms with Crippen LogP contribution in [-0.4, -0.2) is 44.5 Å². The molecular formula is C29H61NO5P+. The Kier molecular flexibility index (Phi) is 24.9. The first-order chi connectivity index (χ1) is 17.3. The quantitative estimate of drug-likeness (QED) is 0.0814. The Morgan fingerprint density at radius 2 is 1.19 bits per heavy atom. The number of hydrogen-bond donors (Lipinski definition) is 2. The van der Waals surface area contributed by atoms with Gasteiger partial charge in [-0.25, -0.2) is 4.57 Å². The minimum atomic E-state index is -4.05. The second-order valence-corrected chi connectivity index (χ2v) is 12.6. The lowest BCUT2D eigenvalue weighted by Crippen LogP contribution is -3.05. The van der Waals surface area contributed by atoms with Crippen LogP contribution in [0.5, 0.6) is 0 Å². The molecule has 2 atom stereocenters. The van der Waals surface area contributed by atoms with Crippen molar-refractivity contribution in [3.05, 3.63) is 0 Å². The molecule has 0 aromatic carbocycles. The van der Waals surface area contributed by atoms with Gasteiger partial charge in [-0.2, -0.15) is 0 Å². The molecule has 2 N–H and O–H groups in total. The topological polar surface area (TPSA) is 77.3 Å². The van der Waals surface area contributed by atoms with Gasteiger partial charge >= 0.3 is 7.82 Å². The van der Waals surface area contributed by atoms with Crippen molar-refractivity contribution in [1.82, 2.24) is 0 Å². The number of rotatable bonds is 28. The van der Waals surface area contributed by atoms with Crippen molar-refractivity contribution >= 4 is 13.6 Å². The van der Waals surface area contributed by atoms with Crippen LogP contribution in [0.1, 0.15) is 142 Å². The monoisotopic (exact) mass is 534 g/mol. The fourth-order valence-corrected chi connectivity index (χ4v) is 5.48. The number of hydrogen-bond acceptors (Lipinski definition) is 4. The molecule has 0 aromatic heterocycles. The van der Waals surface area contributed by atoms with Gasteiger partial charge in [0.25, 0.3) is 0 Å². The Morgan fingerprint density at radius 1 is 0.750 bits per heavy atom. The standard InChI is InChI=1S/C29H60NO5P/c1-5-6-7-8-9-10-11-12-13-14-15-16-17-18-19-20-21-23-29(26-28(2)31)27-35-36(32,33)34-25-22-24-30(3)4/h29H,5-27H2,1-4H3,(H,32,33)/p+1. The number of quaternary nitrogens is 1. The smallest absolute Gasteiger partial charge is 0.340 e. The summed E-state index contributed by atoms with van der Waals surface area (Å²) in [7, 11) is 0.00942. The van der Waals surface area contributed by atoms with Crippen LogP contribution in [0.3, 0.4) is 0 Å². The lowest BCUT2D eigenvalue weighted by Gasteiger charge is -2.18. The summed E-state index contributed by atoms with van der Waals surface area (Å²) in [5.41, 5.74) is 0. The first-order valence-electron chi connectivity index (χ1n) is 15.2. The van der Waals surface area contributed by atoms with E-state index in [2.05, 4.69) is 6.92 Å². The molecule has 0 heterocycles. The van der Waals surface area contributed by atoms with Crippen LogP contribution in [0.25, 0.3) is 0 Å². The number of ketones is 1. The third-order valence-corrected chi connectivity index (χ3v) is 7.83. The van der Waals surface area contributed by atoms with Gasteiger partial charge in [-0.3, -0.25) is 9.05 Å². The predicted molar refractivity (Wildman–Crippen MR) is 152 cm³/mol. The first-order valence-corrected chi connectivity index (χ1v) is 16.7. The molecule has 0 spiro atoms. The van der Waals surface area contributed by atoms with E-state index in [-0.39, 0.29) is 24.9 Å². The number of nitrogens with one attached hydrogen (secondary N) is 1. The normalized spacial score (nSPS) is 14.3. The van der Waals surface area contributed by atoms with Crippen LogP contribution < -0.4 is 4.90 Å². The number of Topliss-reactive ketones (excluding diaryl/α,β-unsaturated/α-hetero) is 1. The summed E-state index contributed by atoms with van der Waals surface area (Å²) in [4.78, 5) is 22.8. The maximum Gasteiger partial charge on any atom is 0.472 e. The highest BCUT2D eigenvalue weighted by atomic mass is 31.2. The molecule has 0 saturated heterocycles. The summed E-state index contributed by atoms with van der Waals surface area (Å²) in [5.74, 6) is 0.0763. The maximum atomic E-state index is 12.1. The van der Waals surface area contributed by atoms with E-state index in [0.29, 0.717) is 12.8 Å². The number of phosphoric acid groups is 1. The van der Waals surface area contributed by atoms with Crippen LogP contribution in [0.4, 0.5) is 0 Å². The molecule has 2 unspecified atom stereocenters. The zero-order valence-corrected chi connectivity index (χ0v) is 25.3. The highest BCUT2D eigenvalue weighted by Crippen LogP contribution is 2.44. The van der Waals surface area contributed by atoms with Crippen molar-refractivity contribution in [1.29, 1.82) is 0 Å². The van der Waals surface area contributed by atoms with Crippen molar-refractivity contribution in [3.63, 3.8) is 0 Å². The zero-order valence-electron chi connectivity index (χ0n) is 24.4. The molecule has 0 saturated carbocycles. The molecule has 216 valence electrons. The maximum absolute atomic E-state index is 12.1. The molecule has 6 nitrogen and oxygen atoms in total. The van der Waals surface area contributed by atoms with Gasteiger partial charge in [-0.05, 0) is 19.3 Å². The minimum Gasteiger partial charge on any atom is -0.340 e. The van der Waals surface area contributed by atoms with Crippen molar-refractivity contribution < 1.29 is 28.2 Å². The Balaban J connectivity index is 3.71. The Labute approximate surface area is 223 Å². The Morgan fingerprint density at radius 3 is 1.61 bits per heavy atom. The van der Waals surface area contributed by atoms with Crippen LogP contribution >= 0.6 is 7.82 Å². The van der Waals surface area contributed by atoms with E-state index >= 15 is 0 Å².